The monoisotopic (exact) mass is 311 g/mol. The molecule has 4 heteroatoms. The lowest BCUT2D eigenvalue weighted by Crippen LogP contribution is -1.91. The average molecular weight is 312 g/mol. The van der Waals surface area contributed by atoms with E-state index in [0.29, 0.717) is 27.2 Å². The first kappa shape index (κ1) is 15.3. The van der Waals surface area contributed by atoms with E-state index < -0.39 is 0 Å². The summed E-state index contributed by atoms with van der Waals surface area (Å²) in [6, 6.07) is 6.12. The molecular weight excluding hydrogens is 296 g/mol. The summed E-state index contributed by atoms with van der Waals surface area (Å²) in [5.41, 5.74) is 1.96. The van der Waals surface area contributed by atoms with Gasteiger partial charge in [0, 0.05) is 21.8 Å². The number of pyridine rings is 1. The van der Waals surface area contributed by atoms with Gasteiger partial charge in [-0.1, -0.05) is 37.0 Å². The summed E-state index contributed by atoms with van der Waals surface area (Å²) in [7, 11) is 0. The van der Waals surface area contributed by atoms with Gasteiger partial charge < -0.3 is 0 Å². The average Bonchev–Trinajstić information content (AvgIpc) is 3.28. The molecule has 1 fully saturated rings. The first-order chi connectivity index (χ1) is 9.65. The molecule has 3 rings (SSSR count). The first-order valence-electron chi connectivity index (χ1n) is 6.76. The van der Waals surface area contributed by atoms with Crippen LogP contribution in [0.3, 0.4) is 0 Å². The van der Waals surface area contributed by atoms with E-state index in [1.807, 2.05) is 13.8 Å². The SMILES string of the molecule is CC.Fc1ccc(Cl)cc1-c1cc(Cl)c(C2CC2)cn1. The molecule has 0 atom stereocenters. The molecule has 0 unspecified atom stereocenters. The van der Waals surface area contributed by atoms with Crippen molar-refractivity contribution < 1.29 is 4.39 Å². The Morgan fingerprint density at radius 3 is 2.45 bits per heavy atom. The number of aromatic nitrogens is 1. The molecule has 0 N–H and O–H groups in total. The summed E-state index contributed by atoms with van der Waals surface area (Å²) >= 11 is 12.1. The van der Waals surface area contributed by atoms with Crippen LogP contribution >= 0.6 is 23.2 Å². The Kier molecular flexibility index (Phi) is 5.00. The lowest BCUT2D eigenvalue weighted by molar-refractivity contribution is 0.630. The highest BCUT2D eigenvalue weighted by atomic mass is 35.5. The Morgan fingerprint density at radius 1 is 1.15 bits per heavy atom. The van der Waals surface area contributed by atoms with E-state index in [-0.39, 0.29) is 5.82 Å². The van der Waals surface area contributed by atoms with Crippen LogP contribution in [0.2, 0.25) is 10.0 Å². The van der Waals surface area contributed by atoms with E-state index >= 15 is 0 Å². The Balaban J connectivity index is 0.000000704. The number of hydrogen-bond acceptors (Lipinski definition) is 1. The number of halogens is 3. The van der Waals surface area contributed by atoms with Gasteiger partial charge in [0.1, 0.15) is 5.82 Å². The molecule has 1 aromatic heterocycles. The molecular formula is C16H16Cl2FN. The van der Waals surface area contributed by atoms with Crippen LogP contribution in [0.25, 0.3) is 11.3 Å². The molecule has 1 aromatic carbocycles. The summed E-state index contributed by atoms with van der Waals surface area (Å²) in [5.74, 6) is 0.186. The highest BCUT2D eigenvalue weighted by molar-refractivity contribution is 6.32. The van der Waals surface area contributed by atoms with Crippen molar-refractivity contribution in [2.24, 2.45) is 0 Å². The molecule has 0 aliphatic heterocycles. The number of benzene rings is 1. The van der Waals surface area contributed by atoms with Crippen molar-refractivity contribution in [1.29, 1.82) is 0 Å². The Labute approximate surface area is 128 Å². The smallest absolute Gasteiger partial charge is 0.132 e. The molecule has 1 aliphatic rings. The fourth-order valence-electron chi connectivity index (χ4n) is 1.98. The molecule has 1 aliphatic carbocycles. The van der Waals surface area contributed by atoms with Crippen LogP contribution in [0.5, 0.6) is 0 Å². The van der Waals surface area contributed by atoms with Crippen LogP contribution in [-0.4, -0.2) is 4.98 Å². The predicted molar refractivity (Wildman–Crippen MR) is 83.0 cm³/mol. The minimum Gasteiger partial charge on any atom is -0.256 e. The largest absolute Gasteiger partial charge is 0.256 e. The van der Waals surface area contributed by atoms with Gasteiger partial charge in [0.2, 0.25) is 0 Å². The topological polar surface area (TPSA) is 12.9 Å². The van der Waals surface area contributed by atoms with Gasteiger partial charge in [-0.2, -0.15) is 0 Å². The van der Waals surface area contributed by atoms with Crippen LogP contribution in [0.4, 0.5) is 4.39 Å². The van der Waals surface area contributed by atoms with Crippen LogP contribution in [0, 0.1) is 5.82 Å². The van der Waals surface area contributed by atoms with E-state index in [1.54, 1.807) is 18.3 Å². The molecule has 20 heavy (non-hydrogen) atoms. The second-order valence-electron chi connectivity index (χ2n) is 4.49. The van der Waals surface area contributed by atoms with Crippen LogP contribution in [0.15, 0.2) is 30.5 Å². The van der Waals surface area contributed by atoms with Crippen molar-refractivity contribution in [3.05, 3.63) is 51.9 Å². The molecule has 0 spiro atoms. The van der Waals surface area contributed by atoms with E-state index in [4.69, 9.17) is 23.2 Å². The third kappa shape index (κ3) is 3.31. The second-order valence-corrected chi connectivity index (χ2v) is 5.33. The second kappa shape index (κ2) is 6.55. The van der Waals surface area contributed by atoms with Gasteiger partial charge in [0.05, 0.1) is 5.69 Å². The first-order valence-corrected chi connectivity index (χ1v) is 7.51. The lowest BCUT2D eigenvalue weighted by atomic mass is 10.1. The Hall–Kier alpha value is -1.12. The zero-order valence-corrected chi connectivity index (χ0v) is 13.0. The Bertz CT molecular complexity index is 609. The standard InChI is InChI=1S/C14H10Cl2FN.C2H6/c15-9-3-4-13(17)10(5-9)14-6-12(16)11(7-18-14)8-1-2-8;1-2/h3-8H,1-2H2;1-2H3. The number of rotatable bonds is 2. The summed E-state index contributed by atoms with van der Waals surface area (Å²) in [5, 5.41) is 1.14. The van der Waals surface area contributed by atoms with Crippen molar-refractivity contribution in [3.8, 4) is 11.3 Å². The van der Waals surface area contributed by atoms with E-state index in [1.165, 1.54) is 12.1 Å². The summed E-state index contributed by atoms with van der Waals surface area (Å²) in [6.45, 7) is 4.00. The van der Waals surface area contributed by atoms with Gasteiger partial charge in [-0.3, -0.25) is 4.98 Å². The minimum absolute atomic E-state index is 0.345. The van der Waals surface area contributed by atoms with Gasteiger partial charge in [0.15, 0.2) is 0 Å². The number of hydrogen-bond donors (Lipinski definition) is 0. The maximum atomic E-state index is 13.7. The highest BCUT2D eigenvalue weighted by Gasteiger charge is 2.26. The maximum absolute atomic E-state index is 13.7. The summed E-state index contributed by atoms with van der Waals surface area (Å²) in [4.78, 5) is 4.29. The minimum atomic E-state index is -0.345. The molecule has 1 saturated carbocycles. The molecule has 0 amide bonds. The van der Waals surface area contributed by atoms with E-state index in [0.717, 1.165) is 18.4 Å². The molecule has 2 aromatic rings. The van der Waals surface area contributed by atoms with Crippen LogP contribution < -0.4 is 0 Å². The van der Waals surface area contributed by atoms with E-state index in [9.17, 15) is 4.39 Å². The molecule has 0 radical (unpaired) electrons. The molecule has 106 valence electrons. The normalized spacial score (nSPS) is 13.7. The van der Waals surface area contributed by atoms with Crippen LogP contribution in [0.1, 0.15) is 38.2 Å². The zero-order valence-electron chi connectivity index (χ0n) is 11.5. The zero-order chi connectivity index (χ0) is 14.7. The fourth-order valence-corrected chi connectivity index (χ4v) is 2.46. The van der Waals surface area contributed by atoms with Crippen molar-refractivity contribution in [1.82, 2.24) is 4.98 Å². The third-order valence-electron chi connectivity index (χ3n) is 3.10. The summed E-state index contributed by atoms with van der Waals surface area (Å²) in [6.07, 6.45) is 4.06. The Morgan fingerprint density at radius 2 is 1.85 bits per heavy atom. The maximum Gasteiger partial charge on any atom is 0.132 e. The van der Waals surface area contributed by atoms with Crippen LogP contribution in [-0.2, 0) is 0 Å². The third-order valence-corrected chi connectivity index (χ3v) is 3.67. The molecule has 1 nitrogen and oxygen atoms in total. The number of nitrogens with zero attached hydrogens (tertiary/aromatic N) is 1. The van der Waals surface area contributed by atoms with Gasteiger partial charge in [-0.05, 0) is 48.6 Å². The van der Waals surface area contributed by atoms with Crippen molar-refractivity contribution in [2.75, 3.05) is 0 Å². The molecule has 0 bridgehead atoms. The molecule has 0 saturated heterocycles. The predicted octanol–water partition coefficient (Wildman–Crippen LogP) is 6.10. The van der Waals surface area contributed by atoms with Gasteiger partial charge >= 0.3 is 0 Å². The highest BCUT2D eigenvalue weighted by Crippen LogP contribution is 2.43. The quantitative estimate of drug-likeness (QED) is 0.653. The van der Waals surface area contributed by atoms with Gasteiger partial charge in [-0.25, -0.2) is 4.39 Å². The van der Waals surface area contributed by atoms with Gasteiger partial charge in [-0.15, -0.1) is 0 Å². The lowest BCUT2D eigenvalue weighted by Gasteiger charge is -2.07. The van der Waals surface area contributed by atoms with Gasteiger partial charge in [0.25, 0.3) is 0 Å². The fraction of sp³-hybridized carbons (Fsp3) is 0.312. The summed E-state index contributed by atoms with van der Waals surface area (Å²) < 4.78 is 13.7. The molecule has 1 heterocycles. The van der Waals surface area contributed by atoms with E-state index in [2.05, 4.69) is 4.98 Å². The van der Waals surface area contributed by atoms with Crippen molar-refractivity contribution in [3.63, 3.8) is 0 Å². The van der Waals surface area contributed by atoms with Crippen molar-refractivity contribution >= 4 is 23.2 Å². The van der Waals surface area contributed by atoms with Crippen molar-refractivity contribution in [2.45, 2.75) is 32.6 Å².